The van der Waals surface area contributed by atoms with Gasteiger partial charge in [0.1, 0.15) is 0 Å². The van der Waals surface area contributed by atoms with Gasteiger partial charge in [-0.2, -0.15) is 0 Å². The molecule has 8 heteroatoms. The van der Waals surface area contributed by atoms with Gasteiger partial charge in [0.2, 0.25) is 0 Å². The fourth-order valence-corrected chi connectivity index (χ4v) is 1.63. The van der Waals surface area contributed by atoms with Gasteiger partial charge in [0, 0.05) is 6.07 Å². The number of hydrogen-bond donors (Lipinski definition) is 0. The van der Waals surface area contributed by atoms with E-state index in [4.69, 9.17) is 9.90 Å². The molecule has 108 valence electrons. The van der Waals surface area contributed by atoms with E-state index in [1.54, 1.807) is 18.2 Å². The van der Waals surface area contributed by atoms with Crippen molar-refractivity contribution in [3.63, 3.8) is 0 Å². The summed E-state index contributed by atoms with van der Waals surface area (Å²) in [6.07, 6.45) is 0.722. The minimum Gasteiger partial charge on any atom is -0.545 e. The van der Waals surface area contributed by atoms with Crippen LogP contribution in [0.2, 0.25) is 0 Å². The first kappa shape index (κ1) is 19.5. The zero-order valence-electron chi connectivity index (χ0n) is 11.4. The number of carbonyl (C=O) groups excluding carboxylic acids is 2. The number of nitrogens with zero attached hydrogens (tertiary/aromatic N) is 1. The van der Waals surface area contributed by atoms with Crippen LogP contribution in [0.1, 0.15) is 10.4 Å². The minimum atomic E-state index is -1.54. The molecule has 7 nitrogen and oxygen atoms in total. The van der Waals surface area contributed by atoms with E-state index in [1.807, 2.05) is 0 Å². The van der Waals surface area contributed by atoms with Gasteiger partial charge < -0.3 is 19.8 Å². The number of nitro benzene ring substituents is 1. The molecule has 0 atom stereocenters. The van der Waals surface area contributed by atoms with Gasteiger partial charge in [-0.15, -0.1) is 0 Å². The fourth-order valence-electron chi connectivity index (χ4n) is 1.63. The largest absolute Gasteiger partial charge is 2.00 e. The molecule has 22 heavy (non-hydrogen) atoms. The van der Waals surface area contributed by atoms with Gasteiger partial charge in [-0.25, -0.2) is 0 Å². The third-order valence-electron chi connectivity index (χ3n) is 2.47. The number of aliphatic carboxylic acids is 1. The summed E-state index contributed by atoms with van der Waals surface area (Å²) in [5.41, 5.74) is -0.818. The van der Waals surface area contributed by atoms with Crippen LogP contribution in [0.25, 0.3) is 10.8 Å². The standard InChI is InChI=1S/C11H7NO4.C3H4O2.Mg/c13-11(14)10-8-4-2-1-3-7(8)5-6-9(10)12(15)16;1-2-3(4)5;/h1-6H,(H,13,14);2H,1H2,(H,4,5);/q;;+2/p-2. The van der Waals surface area contributed by atoms with Crippen molar-refractivity contribution in [2.75, 3.05) is 0 Å². The topological polar surface area (TPSA) is 123 Å². The number of carboxylic acid groups (broad SMARTS) is 2. The van der Waals surface area contributed by atoms with Gasteiger partial charge in [-0.3, -0.25) is 10.1 Å². The number of nitro groups is 1. The maximum absolute atomic E-state index is 10.9. The van der Waals surface area contributed by atoms with Crippen LogP contribution in [0.4, 0.5) is 5.69 Å². The number of hydrogen-bond acceptors (Lipinski definition) is 6. The van der Waals surface area contributed by atoms with E-state index in [2.05, 4.69) is 6.58 Å². The van der Waals surface area contributed by atoms with Gasteiger partial charge in [-0.05, 0) is 22.9 Å². The SMILES string of the molecule is C=CC(=O)[O-].O=C([O-])c1c([N+](=O)[O-])ccc2ccccc12.[Mg+2]. The van der Waals surface area contributed by atoms with Gasteiger partial charge in [0.05, 0.1) is 22.4 Å². The second-order valence-electron chi connectivity index (χ2n) is 3.75. The Labute approximate surface area is 141 Å². The first-order valence-electron chi connectivity index (χ1n) is 5.59. The third kappa shape index (κ3) is 4.83. The molecule has 0 aliphatic carbocycles. The van der Waals surface area contributed by atoms with E-state index >= 15 is 0 Å². The molecule has 0 bridgehead atoms. The third-order valence-corrected chi connectivity index (χ3v) is 2.47. The molecule has 0 amide bonds. The Morgan fingerprint density at radius 1 is 1.09 bits per heavy atom. The normalized spacial score (nSPS) is 8.91. The van der Waals surface area contributed by atoms with E-state index in [9.17, 15) is 20.0 Å². The van der Waals surface area contributed by atoms with Crippen LogP contribution in [0.5, 0.6) is 0 Å². The van der Waals surface area contributed by atoms with E-state index in [-0.39, 0.29) is 28.6 Å². The van der Waals surface area contributed by atoms with Crippen molar-refractivity contribution in [1.29, 1.82) is 0 Å². The number of benzene rings is 2. The summed E-state index contributed by atoms with van der Waals surface area (Å²) in [6.45, 7) is 2.90. The summed E-state index contributed by atoms with van der Waals surface area (Å²) >= 11 is 0. The van der Waals surface area contributed by atoms with Crippen LogP contribution in [0.15, 0.2) is 49.1 Å². The predicted octanol–water partition coefficient (Wildman–Crippen LogP) is -0.347. The average Bonchev–Trinajstić information content (AvgIpc) is 2.46. The molecule has 0 radical (unpaired) electrons. The summed E-state index contributed by atoms with van der Waals surface area (Å²) in [5, 5.41) is 31.7. The smallest absolute Gasteiger partial charge is 0.545 e. The monoisotopic (exact) mass is 311 g/mol. The minimum absolute atomic E-state index is 0. The molecule has 0 unspecified atom stereocenters. The predicted molar refractivity (Wildman–Crippen MR) is 75.9 cm³/mol. The number of fused-ring (bicyclic) bond motifs is 1. The number of aromatic carboxylic acids is 1. The molecule has 2 aromatic rings. The molecule has 0 saturated heterocycles. The second kappa shape index (κ2) is 8.75. The Kier molecular flexibility index (Phi) is 7.77. The molecular weight excluding hydrogens is 302 g/mol. The molecule has 0 aliphatic heterocycles. The number of carboxylic acids is 2. The van der Waals surface area contributed by atoms with Crippen LogP contribution in [0, 0.1) is 10.1 Å². The van der Waals surface area contributed by atoms with Crippen LogP contribution in [-0.2, 0) is 4.79 Å². The van der Waals surface area contributed by atoms with E-state index < -0.39 is 22.5 Å². The van der Waals surface area contributed by atoms with Gasteiger partial charge in [0.25, 0.3) is 5.69 Å². The molecule has 2 aromatic carbocycles. The summed E-state index contributed by atoms with van der Waals surface area (Å²) in [5.74, 6) is -2.77. The van der Waals surface area contributed by atoms with Crippen molar-refractivity contribution in [2.45, 2.75) is 0 Å². The van der Waals surface area contributed by atoms with Crippen LogP contribution in [-0.4, -0.2) is 39.9 Å². The quantitative estimate of drug-likeness (QED) is 0.330. The van der Waals surface area contributed by atoms with Crippen molar-refractivity contribution in [3.8, 4) is 0 Å². The Hall–Kier alpha value is -2.45. The molecule has 0 heterocycles. The average molecular weight is 312 g/mol. The zero-order valence-corrected chi connectivity index (χ0v) is 12.8. The Balaban J connectivity index is 0.000000644. The Morgan fingerprint density at radius 3 is 2.09 bits per heavy atom. The van der Waals surface area contributed by atoms with E-state index in [0.717, 1.165) is 6.08 Å². The van der Waals surface area contributed by atoms with E-state index in [1.165, 1.54) is 18.2 Å². The Morgan fingerprint density at radius 2 is 1.64 bits per heavy atom. The fraction of sp³-hybridized carbons (Fsp3) is 0. The van der Waals surface area contributed by atoms with Crippen molar-refractivity contribution < 1.29 is 24.7 Å². The molecule has 0 fully saturated rings. The zero-order chi connectivity index (χ0) is 16.0. The summed E-state index contributed by atoms with van der Waals surface area (Å²) in [4.78, 5) is 30.0. The molecule has 0 N–H and O–H groups in total. The van der Waals surface area contributed by atoms with Crippen molar-refractivity contribution in [2.24, 2.45) is 0 Å². The molecular formula is C14H9MgNO6. The van der Waals surface area contributed by atoms with Crippen LogP contribution < -0.4 is 10.2 Å². The number of rotatable bonds is 3. The molecule has 0 spiro atoms. The summed E-state index contributed by atoms with van der Waals surface area (Å²) in [7, 11) is 0. The maximum Gasteiger partial charge on any atom is 2.00 e. The molecule has 0 aromatic heterocycles. The maximum atomic E-state index is 10.9. The second-order valence-corrected chi connectivity index (χ2v) is 3.75. The van der Waals surface area contributed by atoms with Gasteiger partial charge in [0.15, 0.2) is 0 Å². The molecule has 0 saturated carbocycles. The first-order valence-corrected chi connectivity index (χ1v) is 5.59. The summed E-state index contributed by atoms with van der Waals surface area (Å²) in [6, 6.07) is 9.25. The molecule has 2 rings (SSSR count). The first-order chi connectivity index (χ1) is 9.88. The van der Waals surface area contributed by atoms with Gasteiger partial charge in [-0.1, -0.05) is 30.8 Å². The molecule has 0 aliphatic rings. The summed E-state index contributed by atoms with van der Waals surface area (Å²) < 4.78 is 0. The van der Waals surface area contributed by atoms with Crippen LogP contribution in [0.3, 0.4) is 0 Å². The Bertz CT molecular complexity index is 728. The van der Waals surface area contributed by atoms with Gasteiger partial charge >= 0.3 is 23.1 Å². The number of carbonyl (C=O) groups is 2. The van der Waals surface area contributed by atoms with Crippen molar-refractivity contribution in [1.82, 2.24) is 0 Å². The van der Waals surface area contributed by atoms with Crippen molar-refractivity contribution >= 4 is 51.5 Å². The van der Waals surface area contributed by atoms with E-state index in [0.29, 0.717) is 10.8 Å². The van der Waals surface area contributed by atoms with Crippen molar-refractivity contribution in [3.05, 3.63) is 64.7 Å². The van der Waals surface area contributed by atoms with Crippen LogP contribution >= 0.6 is 0 Å².